The van der Waals surface area contributed by atoms with Crippen LogP contribution in [-0.2, 0) is 10.8 Å². The molecule has 4 nitrogen and oxygen atoms in total. The number of hydrogen-bond donors (Lipinski definition) is 0. The highest BCUT2D eigenvalue weighted by Crippen LogP contribution is 2.42. The number of nitrogens with zero attached hydrogens (tertiary/aromatic N) is 2. The summed E-state index contributed by atoms with van der Waals surface area (Å²) in [6.45, 7) is 13.9. The number of benzene rings is 1. The van der Waals surface area contributed by atoms with Gasteiger partial charge in [0.1, 0.15) is 11.5 Å². The topological polar surface area (TPSA) is 66.0 Å². The molecule has 0 heterocycles. The minimum atomic E-state index is -0.147. The molecule has 26 heavy (non-hydrogen) atoms. The lowest BCUT2D eigenvalue weighted by Crippen LogP contribution is -2.19. The average Bonchev–Trinajstić information content (AvgIpc) is 2.53. The van der Waals surface area contributed by atoms with Crippen LogP contribution in [0.3, 0.4) is 0 Å². The Bertz CT molecular complexity index is 624. The molecule has 0 aliphatic heterocycles. The Hall–Kier alpha value is -2.20. The first kappa shape index (κ1) is 21.8. The van der Waals surface area contributed by atoms with E-state index in [9.17, 15) is 0 Å². The molecule has 0 aliphatic carbocycles. The standard InChI is InChI=1S/C22H32N2O2/c1-21(2,3)17-15-18(25-13-9-7-11-23)20(22(4,5)6)19(16-17)26-14-10-8-12-24/h15-16H,7-10,13-14H2,1-6H3. The quantitative estimate of drug-likeness (QED) is 0.565. The summed E-state index contributed by atoms with van der Waals surface area (Å²) in [6.07, 6.45) is 2.39. The van der Waals surface area contributed by atoms with Crippen LogP contribution in [0.5, 0.6) is 11.5 Å². The molecule has 1 rings (SSSR count). The van der Waals surface area contributed by atoms with Crippen molar-refractivity contribution in [3.63, 3.8) is 0 Å². The van der Waals surface area contributed by atoms with Crippen LogP contribution in [0.4, 0.5) is 0 Å². The Labute approximate surface area is 158 Å². The molecule has 1 aromatic carbocycles. The molecule has 0 fully saturated rings. The first-order valence-electron chi connectivity index (χ1n) is 9.29. The van der Waals surface area contributed by atoms with Gasteiger partial charge >= 0.3 is 0 Å². The molecule has 0 bridgehead atoms. The fraction of sp³-hybridized carbons (Fsp3) is 0.636. The van der Waals surface area contributed by atoms with Gasteiger partial charge in [0.05, 0.1) is 25.4 Å². The van der Waals surface area contributed by atoms with E-state index < -0.39 is 0 Å². The lowest BCUT2D eigenvalue weighted by Gasteiger charge is -2.29. The van der Waals surface area contributed by atoms with Gasteiger partial charge < -0.3 is 9.47 Å². The van der Waals surface area contributed by atoms with Gasteiger partial charge in [0, 0.05) is 18.4 Å². The van der Waals surface area contributed by atoms with E-state index in [2.05, 4.69) is 65.8 Å². The number of rotatable bonds is 8. The minimum absolute atomic E-state index is 0.0358. The van der Waals surface area contributed by atoms with Crippen molar-refractivity contribution in [1.82, 2.24) is 0 Å². The van der Waals surface area contributed by atoms with Crippen molar-refractivity contribution in [2.24, 2.45) is 0 Å². The van der Waals surface area contributed by atoms with Gasteiger partial charge in [-0.2, -0.15) is 10.5 Å². The molecule has 0 spiro atoms. The van der Waals surface area contributed by atoms with E-state index in [1.54, 1.807) is 0 Å². The molecule has 0 amide bonds. The van der Waals surface area contributed by atoms with Gasteiger partial charge in [-0.25, -0.2) is 0 Å². The van der Waals surface area contributed by atoms with Gasteiger partial charge in [0.25, 0.3) is 0 Å². The highest BCUT2D eigenvalue weighted by atomic mass is 16.5. The van der Waals surface area contributed by atoms with Crippen LogP contribution in [0, 0.1) is 22.7 Å². The smallest absolute Gasteiger partial charge is 0.127 e. The molecule has 0 saturated carbocycles. The summed E-state index contributed by atoms with van der Waals surface area (Å²) in [5.74, 6) is 1.66. The van der Waals surface area contributed by atoms with Gasteiger partial charge in [0.2, 0.25) is 0 Å². The van der Waals surface area contributed by atoms with Gasteiger partial charge in [-0.1, -0.05) is 41.5 Å². The molecular weight excluding hydrogens is 324 g/mol. The number of ether oxygens (including phenoxy) is 2. The van der Waals surface area contributed by atoms with E-state index in [1.807, 2.05) is 0 Å². The highest BCUT2D eigenvalue weighted by Gasteiger charge is 2.27. The zero-order valence-electron chi connectivity index (χ0n) is 17.1. The van der Waals surface area contributed by atoms with Crippen LogP contribution in [0.15, 0.2) is 12.1 Å². The number of unbranched alkanes of at least 4 members (excludes halogenated alkanes) is 2. The van der Waals surface area contributed by atoms with Crippen molar-refractivity contribution in [2.75, 3.05) is 13.2 Å². The second kappa shape index (κ2) is 9.48. The summed E-state index contributed by atoms with van der Waals surface area (Å²) in [5, 5.41) is 17.5. The van der Waals surface area contributed by atoms with E-state index in [1.165, 1.54) is 0 Å². The Kier molecular flexibility index (Phi) is 7.97. The monoisotopic (exact) mass is 356 g/mol. The third-order valence-corrected chi connectivity index (χ3v) is 4.06. The Balaban J connectivity index is 3.29. The molecule has 4 heteroatoms. The van der Waals surface area contributed by atoms with Crippen molar-refractivity contribution in [3.8, 4) is 23.6 Å². The summed E-state index contributed by atoms with van der Waals surface area (Å²) in [4.78, 5) is 0. The molecule has 0 aliphatic rings. The maximum Gasteiger partial charge on any atom is 0.127 e. The maximum atomic E-state index is 8.73. The molecule has 0 unspecified atom stereocenters. The zero-order valence-corrected chi connectivity index (χ0v) is 17.1. The largest absolute Gasteiger partial charge is 0.493 e. The van der Waals surface area contributed by atoms with Crippen molar-refractivity contribution < 1.29 is 9.47 Å². The Morgan fingerprint density at radius 2 is 1.19 bits per heavy atom. The average molecular weight is 357 g/mol. The Morgan fingerprint density at radius 3 is 1.50 bits per heavy atom. The Morgan fingerprint density at radius 1 is 0.769 bits per heavy atom. The minimum Gasteiger partial charge on any atom is -0.493 e. The van der Waals surface area contributed by atoms with Crippen molar-refractivity contribution >= 4 is 0 Å². The molecular formula is C22H32N2O2. The fourth-order valence-corrected chi connectivity index (χ4v) is 2.66. The molecule has 0 N–H and O–H groups in total. The maximum absolute atomic E-state index is 8.73. The summed E-state index contributed by atoms with van der Waals surface area (Å²) < 4.78 is 12.2. The predicted molar refractivity (Wildman–Crippen MR) is 105 cm³/mol. The lowest BCUT2D eigenvalue weighted by molar-refractivity contribution is 0.281. The SMILES string of the molecule is CC(C)(C)c1cc(OCCCC#N)c(C(C)(C)C)c(OCCCC#N)c1. The molecule has 1 aromatic rings. The number of hydrogen-bond acceptors (Lipinski definition) is 4. The van der Waals surface area contributed by atoms with Gasteiger partial charge in [-0.05, 0) is 41.4 Å². The zero-order chi connectivity index (χ0) is 19.8. The third-order valence-electron chi connectivity index (χ3n) is 4.06. The van der Waals surface area contributed by atoms with E-state index in [-0.39, 0.29) is 10.8 Å². The first-order chi connectivity index (χ1) is 12.1. The van der Waals surface area contributed by atoms with Gasteiger partial charge in [-0.3, -0.25) is 0 Å². The third kappa shape index (κ3) is 6.60. The van der Waals surface area contributed by atoms with Gasteiger partial charge in [0.15, 0.2) is 0 Å². The molecule has 0 radical (unpaired) electrons. The van der Waals surface area contributed by atoms with Crippen LogP contribution in [0.25, 0.3) is 0 Å². The van der Waals surface area contributed by atoms with Crippen molar-refractivity contribution in [3.05, 3.63) is 23.3 Å². The highest BCUT2D eigenvalue weighted by molar-refractivity contribution is 5.53. The number of nitriles is 2. The molecule has 0 atom stereocenters. The second-order valence-electron chi connectivity index (χ2n) is 8.57. The summed E-state index contributed by atoms with van der Waals surface area (Å²) >= 11 is 0. The van der Waals surface area contributed by atoms with E-state index in [0.717, 1.165) is 22.6 Å². The van der Waals surface area contributed by atoms with E-state index in [4.69, 9.17) is 20.0 Å². The van der Waals surface area contributed by atoms with E-state index in [0.29, 0.717) is 38.9 Å². The van der Waals surface area contributed by atoms with Gasteiger partial charge in [-0.15, -0.1) is 0 Å². The van der Waals surface area contributed by atoms with E-state index >= 15 is 0 Å². The van der Waals surface area contributed by atoms with Crippen LogP contribution < -0.4 is 9.47 Å². The molecule has 0 saturated heterocycles. The second-order valence-corrected chi connectivity index (χ2v) is 8.57. The normalized spacial score (nSPS) is 11.5. The lowest BCUT2D eigenvalue weighted by atomic mass is 9.80. The summed E-state index contributed by atoms with van der Waals surface area (Å²) in [6, 6.07) is 8.52. The van der Waals surface area contributed by atoms with Crippen LogP contribution in [0.1, 0.15) is 78.4 Å². The van der Waals surface area contributed by atoms with Crippen molar-refractivity contribution in [2.45, 2.75) is 78.1 Å². The first-order valence-corrected chi connectivity index (χ1v) is 9.29. The summed E-state index contributed by atoms with van der Waals surface area (Å²) in [7, 11) is 0. The van der Waals surface area contributed by atoms with Crippen LogP contribution in [-0.4, -0.2) is 13.2 Å². The van der Waals surface area contributed by atoms with Crippen LogP contribution >= 0.6 is 0 Å². The predicted octanol–water partition coefficient (Wildman–Crippen LogP) is 5.65. The molecule has 0 aromatic heterocycles. The summed E-state index contributed by atoms with van der Waals surface area (Å²) in [5.41, 5.74) is 2.01. The van der Waals surface area contributed by atoms with Crippen molar-refractivity contribution in [1.29, 1.82) is 10.5 Å². The fourth-order valence-electron chi connectivity index (χ4n) is 2.66. The molecule has 142 valence electrons. The van der Waals surface area contributed by atoms with Crippen LogP contribution in [0.2, 0.25) is 0 Å².